The monoisotopic (exact) mass is 283 g/mol. The summed E-state index contributed by atoms with van der Waals surface area (Å²) >= 11 is 0. The van der Waals surface area contributed by atoms with E-state index in [9.17, 15) is 13.2 Å². The quantitative estimate of drug-likeness (QED) is 0.932. The number of nitrogens with one attached hydrogen (secondary N) is 1. The summed E-state index contributed by atoms with van der Waals surface area (Å²) in [6, 6.07) is 5.62. The Kier molecular flexibility index (Phi) is 4.01. The molecule has 0 radical (unpaired) electrons. The first-order chi connectivity index (χ1) is 9.38. The van der Waals surface area contributed by atoms with Crippen molar-refractivity contribution in [2.45, 2.75) is 19.5 Å². The Morgan fingerprint density at radius 3 is 2.60 bits per heavy atom. The second kappa shape index (κ2) is 5.56. The van der Waals surface area contributed by atoms with Crippen LogP contribution in [0.25, 0.3) is 0 Å². The molecule has 2 aromatic rings. The third-order valence-electron chi connectivity index (χ3n) is 3.18. The lowest BCUT2D eigenvalue weighted by molar-refractivity contribution is -0.137. The molecule has 6 heteroatoms. The highest BCUT2D eigenvalue weighted by molar-refractivity contribution is 5.53. The number of benzene rings is 1. The molecule has 1 aromatic carbocycles. The van der Waals surface area contributed by atoms with Crippen molar-refractivity contribution in [2.75, 3.05) is 11.9 Å². The number of aryl methyl sites for hydroxylation is 2. The number of halogens is 3. The zero-order chi connectivity index (χ0) is 14.8. The van der Waals surface area contributed by atoms with E-state index in [0.29, 0.717) is 18.7 Å². The maximum Gasteiger partial charge on any atom is 0.416 e. The number of rotatable bonds is 4. The highest BCUT2D eigenvalue weighted by Crippen LogP contribution is 2.31. The first kappa shape index (κ1) is 14.4. The van der Waals surface area contributed by atoms with Gasteiger partial charge in [0.2, 0.25) is 0 Å². The van der Waals surface area contributed by atoms with Gasteiger partial charge in [-0.3, -0.25) is 4.68 Å². The van der Waals surface area contributed by atoms with Gasteiger partial charge in [-0.05, 0) is 30.7 Å². The molecule has 0 unspecified atom stereocenters. The Morgan fingerprint density at radius 1 is 1.25 bits per heavy atom. The Morgan fingerprint density at radius 2 is 2.00 bits per heavy atom. The van der Waals surface area contributed by atoms with Gasteiger partial charge in [0.15, 0.2) is 0 Å². The van der Waals surface area contributed by atoms with Gasteiger partial charge in [0.05, 0.1) is 5.56 Å². The molecule has 20 heavy (non-hydrogen) atoms. The predicted octanol–water partition coefficient (Wildman–Crippen LogP) is 3.40. The number of nitrogens with zero attached hydrogens (tertiary/aromatic N) is 2. The van der Waals surface area contributed by atoms with E-state index in [-0.39, 0.29) is 0 Å². The van der Waals surface area contributed by atoms with Crippen molar-refractivity contribution in [3.05, 3.63) is 47.3 Å². The molecular formula is C14H16F3N3. The number of hydrogen-bond donors (Lipinski definition) is 1. The minimum atomic E-state index is -4.31. The molecular weight excluding hydrogens is 267 g/mol. The third-order valence-corrected chi connectivity index (χ3v) is 3.18. The maximum absolute atomic E-state index is 12.7. The minimum Gasteiger partial charge on any atom is -0.384 e. The lowest BCUT2D eigenvalue weighted by Crippen LogP contribution is -2.11. The molecule has 0 aliphatic carbocycles. The van der Waals surface area contributed by atoms with Gasteiger partial charge < -0.3 is 5.32 Å². The van der Waals surface area contributed by atoms with Crippen molar-refractivity contribution < 1.29 is 13.2 Å². The molecule has 3 nitrogen and oxygen atoms in total. The van der Waals surface area contributed by atoms with Crippen molar-refractivity contribution >= 4 is 5.69 Å². The van der Waals surface area contributed by atoms with Gasteiger partial charge in [-0.15, -0.1) is 0 Å². The van der Waals surface area contributed by atoms with E-state index in [4.69, 9.17) is 0 Å². The molecule has 0 aliphatic heterocycles. The molecule has 0 fully saturated rings. The molecule has 0 amide bonds. The number of hydrogen-bond acceptors (Lipinski definition) is 2. The Hall–Kier alpha value is -1.98. The topological polar surface area (TPSA) is 29.9 Å². The molecule has 2 rings (SSSR count). The summed E-state index contributed by atoms with van der Waals surface area (Å²) in [5, 5.41) is 7.10. The molecule has 108 valence electrons. The van der Waals surface area contributed by atoms with Crippen molar-refractivity contribution in [3.63, 3.8) is 0 Å². The smallest absolute Gasteiger partial charge is 0.384 e. The summed E-state index contributed by atoms with van der Waals surface area (Å²) in [6.45, 7) is 2.34. The largest absolute Gasteiger partial charge is 0.416 e. The van der Waals surface area contributed by atoms with Crippen LogP contribution in [-0.2, 0) is 19.6 Å². The average Bonchev–Trinajstić information content (AvgIpc) is 2.76. The van der Waals surface area contributed by atoms with Crippen molar-refractivity contribution in [2.24, 2.45) is 7.05 Å². The standard InChI is InChI=1S/C14H16F3N3/c1-10-3-4-11(14(15,16)17)9-13(10)18-7-5-12-6-8-19-20(12)2/h3-4,6,8-9,18H,5,7H2,1-2H3. The first-order valence-corrected chi connectivity index (χ1v) is 6.26. The normalized spacial score (nSPS) is 11.7. The van der Waals surface area contributed by atoms with Gasteiger partial charge in [-0.25, -0.2) is 0 Å². The SMILES string of the molecule is Cc1ccc(C(F)(F)F)cc1NCCc1ccnn1C. The van der Waals surface area contributed by atoms with Crippen molar-refractivity contribution in [1.29, 1.82) is 0 Å². The molecule has 0 bridgehead atoms. The van der Waals surface area contributed by atoms with E-state index >= 15 is 0 Å². The summed E-state index contributed by atoms with van der Waals surface area (Å²) in [5.41, 5.74) is 1.71. The maximum atomic E-state index is 12.7. The van der Waals surface area contributed by atoms with Crippen molar-refractivity contribution in [3.8, 4) is 0 Å². The van der Waals surface area contributed by atoms with Gasteiger partial charge in [-0.2, -0.15) is 18.3 Å². The van der Waals surface area contributed by atoms with E-state index in [2.05, 4.69) is 10.4 Å². The fraction of sp³-hybridized carbons (Fsp3) is 0.357. The average molecular weight is 283 g/mol. The van der Waals surface area contributed by atoms with Crippen LogP contribution in [0.2, 0.25) is 0 Å². The molecule has 0 atom stereocenters. The van der Waals surface area contributed by atoms with Crippen LogP contribution in [0, 0.1) is 6.92 Å². The van der Waals surface area contributed by atoms with E-state index in [1.807, 2.05) is 13.1 Å². The Balaban J connectivity index is 2.04. The van der Waals surface area contributed by atoms with E-state index in [1.165, 1.54) is 6.07 Å². The van der Waals surface area contributed by atoms with E-state index < -0.39 is 11.7 Å². The van der Waals surface area contributed by atoms with Crippen LogP contribution in [0.15, 0.2) is 30.5 Å². The predicted molar refractivity (Wildman–Crippen MR) is 71.6 cm³/mol. The van der Waals surface area contributed by atoms with Gasteiger partial charge in [0.1, 0.15) is 0 Å². The lowest BCUT2D eigenvalue weighted by Gasteiger charge is -2.13. The summed E-state index contributed by atoms with van der Waals surface area (Å²) in [4.78, 5) is 0. The van der Waals surface area contributed by atoms with Crippen LogP contribution in [-0.4, -0.2) is 16.3 Å². The van der Waals surface area contributed by atoms with Crippen LogP contribution in [0.5, 0.6) is 0 Å². The summed E-state index contributed by atoms with van der Waals surface area (Å²) in [7, 11) is 1.84. The fourth-order valence-electron chi connectivity index (χ4n) is 1.96. The van der Waals surface area contributed by atoms with Gasteiger partial charge in [0, 0.05) is 37.6 Å². The van der Waals surface area contributed by atoms with Crippen molar-refractivity contribution in [1.82, 2.24) is 9.78 Å². The van der Waals surface area contributed by atoms with Crippen LogP contribution in [0.4, 0.5) is 18.9 Å². The molecule has 0 aliphatic rings. The molecule has 0 saturated heterocycles. The Bertz CT molecular complexity index is 588. The number of anilines is 1. The lowest BCUT2D eigenvalue weighted by atomic mass is 10.1. The van der Waals surface area contributed by atoms with Gasteiger partial charge in [-0.1, -0.05) is 6.07 Å². The highest BCUT2D eigenvalue weighted by atomic mass is 19.4. The van der Waals surface area contributed by atoms with E-state index in [1.54, 1.807) is 17.8 Å². The second-order valence-electron chi connectivity index (χ2n) is 4.65. The fourth-order valence-corrected chi connectivity index (χ4v) is 1.96. The minimum absolute atomic E-state index is 0.516. The summed E-state index contributed by atoms with van der Waals surface area (Å²) < 4.78 is 39.7. The molecule has 1 N–H and O–H groups in total. The van der Waals surface area contributed by atoms with Crippen LogP contribution < -0.4 is 5.32 Å². The zero-order valence-electron chi connectivity index (χ0n) is 11.3. The first-order valence-electron chi connectivity index (χ1n) is 6.26. The molecule has 1 aromatic heterocycles. The van der Waals surface area contributed by atoms with Crippen LogP contribution >= 0.6 is 0 Å². The second-order valence-corrected chi connectivity index (χ2v) is 4.65. The Labute approximate surface area is 115 Å². The summed E-state index contributed by atoms with van der Waals surface area (Å²) in [5.74, 6) is 0. The van der Waals surface area contributed by atoms with Gasteiger partial charge >= 0.3 is 6.18 Å². The van der Waals surface area contributed by atoms with Gasteiger partial charge in [0.25, 0.3) is 0 Å². The highest BCUT2D eigenvalue weighted by Gasteiger charge is 2.30. The van der Waals surface area contributed by atoms with Crippen LogP contribution in [0.1, 0.15) is 16.8 Å². The zero-order valence-corrected chi connectivity index (χ0v) is 11.3. The summed E-state index contributed by atoms with van der Waals surface area (Å²) in [6.07, 6.45) is -1.91. The molecule has 1 heterocycles. The molecule has 0 spiro atoms. The number of alkyl halides is 3. The van der Waals surface area contributed by atoms with Crippen LogP contribution in [0.3, 0.4) is 0 Å². The molecule has 0 saturated carbocycles. The number of aromatic nitrogens is 2. The third kappa shape index (κ3) is 3.31. The van der Waals surface area contributed by atoms with E-state index in [0.717, 1.165) is 23.4 Å².